The van der Waals surface area contributed by atoms with Crippen LogP contribution in [0, 0.1) is 13.8 Å². The Hall–Kier alpha value is -1.88. The zero-order valence-electron chi connectivity index (χ0n) is 10.7. The minimum Gasteiger partial charge on any atom is -0.480 e. The van der Waals surface area contributed by atoms with Crippen LogP contribution in [0.4, 0.5) is 0 Å². The Bertz CT molecular complexity index is 456. The Kier molecular flexibility index (Phi) is 4.85. The van der Waals surface area contributed by atoms with Crippen LogP contribution in [0.5, 0.6) is 0 Å². The molecule has 0 aliphatic heterocycles. The number of benzene rings is 1. The molecule has 1 unspecified atom stereocenters. The van der Waals surface area contributed by atoms with Crippen molar-refractivity contribution in [2.75, 3.05) is 13.7 Å². The SMILES string of the molecule is COCC(NC(=O)c1cc(C)ccc1C)C(=O)O. The molecule has 5 nitrogen and oxygen atoms in total. The largest absolute Gasteiger partial charge is 0.480 e. The van der Waals surface area contributed by atoms with Gasteiger partial charge in [-0.2, -0.15) is 0 Å². The lowest BCUT2D eigenvalue weighted by Gasteiger charge is -2.14. The van der Waals surface area contributed by atoms with Crippen LogP contribution in [-0.2, 0) is 9.53 Å². The van der Waals surface area contributed by atoms with Crippen molar-refractivity contribution in [2.45, 2.75) is 19.9 Å². The molecule has 5 heteroatoms. The Labute approximate surface area is 106 Å². The number of carboxylic acids is 1. The maximum atomic E-state index is 12.0. The first-order valence-electron chi connectivity index (χ1n) is 5.55. The summed E-state index contributed by atoms with van der Waals surface area (Å²) in [5.74, 6) is -1.52. The van der Waals surface area contributed by atoms with Gasteiger partial charge < -0.3 is 15.2 Å². The average molecular weight is 251 g/mol. The number of carbonyl (C=O) groups is 2. The van der Waals surface area contributed by atoms with Crippen molar-refractivity contribution in [1.82, 2.24) is 5.32 Å². The molecule has 0 spiro atoms. The van der Waals surface area contributed by atoms with Gasteiger partial charge in [0.25, 0.3) is 5.91 Å². The van der Waals surface area contributed by atoms with Crippen molar-refractivity contribution in [3.63, 3.8) is 0 Å². The fraction of sp³-hybridized carbons (Fsp3) is 0.385. The zero-order chi connectivity index (χ0) is 13.7. The topological polar surface area (TPSA) is 75.6 Å². The second-order valence-corrected chi connectivity index (χ2v) is 4.14. The van der Waals surface area contributed by atoms with E-state index in [0.717, 1.165) is 11.1 Å². The Morgan fingerprint density at radius 3 is 2.61 bits per heavy atom. The maximum Gasteiger partial charge on any atom is 0.328 e. The molecule has 1 rings (SSSR count). The molecular weight excluding hydrogens is 234 g/mol. The first-order valence-corrected chi connectivity index (χ1v) is 5.55. The number of nitrogens with one attached hydrogen (secondary N) is 1. The Morgan fingerprint density at radius 1 is 1.39 bits per heavy atom. The molecule has 2 N–H and O–H groups in total. The number of carboxylic acid groups (broad SMARTS) is 1. The fourth-order valence-electron chi connectivity index (χ4n) is 1.56. The molecule has 1 aromatic rings. The number of methoxy groups -OCH3 is 1. The van der Waals surface area contributed by atoms with Crippen molar-refractivity contribution in [2.24, 2.45) is 0 Å². The number of carbonyl (C=O) groups excluding carboxylic acids is 1. The fourth-order valence-corrected chi connectivity index (χ4v) is 1.56. The van der Waals surface area contributed by atoms with Crippen molar-refractivity contribution >= 4 is 11.9 Å². The summed E-state index contributed by atoms with van der Waals surface area (Å²) in [5.41, 5.74) is 2.24. The highest BCUT2D eigenvalue weighted by Gasteiger charge is 2.21. The van der Waals surface area contributed by atoms with Crippen LogP contribution in [0.2, 0.25) is 0 Å². The van der Waals surface area contributed by atoms with E-state index in [1.807, 2.05) is 19.1 Å². The van der Waals surface area contributed by atoms with E-state index < -0.39 is 17.9 Å². The van der Waals surface area contributed by atoms with Crippen LogP contribution in [0.3, 0.4) is 0 Å². The lowest BCUT2D eigenvalue weighted by atomic mass is 10.0. The van der Waals surface area contributed by atoms with Crippen molar-refractivity contribution < 1.29 is 19.4 Å². The van der Waals surface area contributed by atoms with Gasteiger partial charge in [-0.1, -0.05) is 17.7 Å². The van der Waals surface area contributed by atoms with E-state index in [9.17, 15) is 9.59 Å². The van der Waals surface area contributed by atoms with E-state index in [2.05, 4.69) is 5.32 Å². The van der Waals surface area contributed by atoms with Crippen molar-refractivity contribution in [3.8, 4) is 0 Å². The van der Waals surface area contributed by atoms with Crippen molar-refractivity contribution in [3.05, 3.63) is 34.9 Å². The third-order valence-electron chi connectivity index (χ3n) is 2.57. The molecule has 0 aliphatic rings. The molecule has 18 heavy (non-hydrogen) atoms. The summed E-state index contributed by atoms with van der Waals surface area (Å²) in [5, 5.41) is 11.4. The second-order valence-electron chi connectivity index (χ2n) is 4.14. The summed E-state index contributed by atoms with van der Waals surface area (Å²) in [6, 6.07) is 4.42. The summed E-state index contributed by atoms with van der Waals surface area (Å²) >= 11 is 0. The molecule has 0 heterocycles. The summed E-state index contributed by atoms with van der Waals surface area (Å²) in [4.78, 5) is 22.9. The van der Waals surface area contributed by atoms with Gasteiger partial charge in [0.1, 0.15) is 0 Å². The normalized spacial score (nSPS) is 11.9. The second kappa shape index (κ2) is 6.16. The highest BCUT2D eigenvalue weighted by molar-refractivity contribution is 5.98. The number of ether oxygens (including phenoxy) is 1. The number of amides is 1. The molecule has 0 aliphatic carbocycles. The van der Waals surface area contributed by atoms with Gasteiger partial charge in [0.05, 0.1) is 6.61 Å². The Morgan fingerprint density at radius 2 is 2.06 bits per heavy atom. The van der Waals surface area contributed by atoms with Crippen LogP contribution >= 0.6 is 0 Å². The summed E-state index contributed by atoms with van der Waals surface area (Å²) < 4.78 is 4.76. The molecule has 98 valence electrons. The maximum absolute atomic E-state index is 12.0. The molecule has 0 saturated carbocycles. The van der Waals surface area contributed by atoms with Gasteiger partial charge in [0.15, 0.2) is 6.04 Å². The van der Waals surface area contributed by atoms with E-state index in [1.165, 1.54) is 7.11 Å². The molecule has 1 amide bonds. The van der Waals surface area contributed by atoms with Crippen molar-refractivity contribution in [1.29, 1.82) is 0 Å². The van der Waals surface area contributed by atoms with E-state index in [-0.39, 0.29) is 6.61 Å². The van der Waals surface area contributed by atoms with E-state index in [4.69, 9.17) is 9.84 Å². The molecule has 0 saturated heterocycles. The molecule has 0 bridgehead atoms. The van der Waals surface area contributed by atoms with Crippen LogP contribution in [0.25, 0.3) is 0 Å². The van der Waals surface area contributed by atoms with Gasteiger partial charge in [-0.15, -0.1) is 0 Å². The van der Waals surface area contributed by atoms with Gasteiger partial charge in [0, 0.05) is 12.7 Å². The van der Waals surface area contributed by atoms with Gasteiger partial charge in [0.2, 0.25) is 0 Å². The lowest BCUT2D eigenvalue weighted by molar-refractivity contribution is -0.140. The third kappa shape index (κ3) is 3.56. The predicted molar refractivity (Wildman–Crippen MR) is 66.7 cm³/mol. The molecule has 1 aromatic carbocycles. The minimum atomic E-state index is -1.12. The first kappa shape index (κ1) is 14.2. The standard InChI is InChI=1S/C13H17NO4/c1-8-4-5-9(2)10(6-8)12(15)14-11(7-18-3)13(16)17/h4-6,11H,7H2,1-3H3,(H,14,15)(H,16,17). The Balaban J connectivity index is 2.86. The number of aryl methyl sites for hydroxylation is 2. The minimum absolute atomic E-state index is 0.0636. The average Bonchev–Trinajstić information content (AvgIpc) is 2.31. The molecule has 0 aromatic heterocycles. The van der Waals surface area contributed by atoms with Gasteiger partial charge in [-0.3, -0.25) is 4.79 Å². The molecule has 0 fully saturated rings. The van der Waals surface area contributed by atoms with Crippen LogP contribution < -0.4 is 5.32 Å². The van der Waals surface area contributed by atoms with E-state index in [0.29, 0.717) is 5.56 Å². The van der Waals surface area contributed by atoms with Gasteiger partial charge >= 0.3 is 5.97 Å². The number of aliphatic carboxylic acids is 1. The molecular formula is C13H17NO4. The van der Waals surface area contributed by atoms with Crippen LogP contribution in [0.15, 0.2) is 18.2 Å². The zero-order valence-corrected chi connectivity index (χ0v) is 10.7. The quantitative estimate of drug-likeness (QED) is 0.822. The molecule has 0 radical (unpaired) electrons. The smallest absolute Gasteiger partial charge is 0.328 e. The van der Waals surface area contributed by atoms with Gasteiger partial charge in [-0.25, -0.2) is 4.79 Å². The number of hydrogen-bond acceptors (Lipinski definition) is 3. The van der Waals surface area contributed by atoms with E-state index >= 15 is 0 Å². The van der Waals surface area contributed by atoms with Gasteiger partial charge in [-0.05, 0) is 25.5 Å². The summed E-state index contributed by atoms with van der Waals surface area (Å²) in [6.45, 7) is 3.62. The highest BCUT2D eigenvalue weighted by Crippen LogP contribution is 2.10. The number of rotatable bonds is 5. The molecule has 1 atom stereocenters. The monoisotopic (exact) mass is 251 g/mol. The highest BCUT2D eigenvalue weighted by atomic mass is 16.5. The summed E-state index contributed by atoms with van der Waals surface area (Å²) in [7, 11) is 1.39. The van der Waals surface area contributed by atoms with Crippen LogP contribution in [0.1, 0.15) is 21.5 Å². The first-order chi connectivity index (χ1) is 8.45. The van der Waals surface area contributed by atoms with Crippen LogP contribution in [-0.4, -0.2) is 36.7 Å². The number of hydrogen-bond donors (Lipinski definition) is 2. The predicted octanol–water partition coefficient (Wildman–Crippen LogP) is 1.13. The summed E-state index contributed by atoms with van der Waals surface area (Å²) in [6.07, 6.45) is 0. The lowest BCUT2D eigenvalue weighted by Crippen LogP contribution is -2.44. The van der Waals surface area contributed by atoms with E-state index in [1.54, 1.807) is 13.0 Å². The third-order valence-corrected chi connectivity index (χ3v) is 2.57.